The summed E-state index contributed by atoms with van der Waals surface area (Å²) in [5.74, 6) is -0.346. The molecule has 0 saturated heterocycles. The highest BCUT2D eigenvalue weighted by Gasteiger charge is 2.29. The fourth-order valence-electron chi connectivity index (χ4n) is 2.26. The number of carbonyl (C=O) groups is 1. The fraction of sp³-hybridized carbons (Fsp3) is 0.333. The fourth-order valence-corrected chi connectivity index (χ4v) is 3.98. The average molecular weight is 464 g/mol. The smallest absolute Gasteiger partial charge is 0.422 e. The van der Waals surface area contributed by atoms with Crippen molar-refractivity contribution in [3.63, 3.8) is 0 Å². The number of carbonyl (C=O) groups excluding carboxylic acids is 1. The lowest BCUT2D eigenvalue weighted by molar-refractivity contribution is -0.154. The number of pyridine rings is 1. The number of thioether (sulfide) groups is 1. The van der Waals surface area contributed by atoms with Crippen LogP contribution in [0.15, 0.2) is 53.6 Å². The minimum absolute atomic E-state index is 0.0276. The van der Waals surface area contributed by atoms with Crippen LogP contribution in [0.2, 0.25) is 0 Å². The molecule has 1 amide bonds. The van der Waals surface area contributed by atoms with E-state index in [1.165, 1.54) is 36.0 Å². The van der Waals surface area contributed by atoms with Crippen LogP contribution < -0.4 is 14.8 Å². The van der Waals surface area contributed by atoms with Crippen LogP contribution in [0.25, 0.3) is 0 Å². The van der Waals surface area contributed by atoms with Crippen LogP contribution in [0, 0.1) is 0 Å². The lowest BCUT2D eigenvalue weighted by atomic mass is 10.2. The van der Waals surface area contributed by atoms with Gasteiger partial charge in [0.2, 0.25) is 21.8 Å². The molecule has 0 aliphatic carbocycles. The van der Waals surface area contributed by atoms with Gasteiger partial charge in [0.05, 0.1) is 16.8 Å². The molecule has 0 spiro atoms. The first-order valence-electron chi connectivity index (χ1n) is 8.63. The van der Waals surface area contributed by atoms with Gasteiger partial charge in [-0.05, 0) is 36.6 Å². The van der Waals surface area contributed by atoms with E-state index in [2.05, 4.69) is 19.8 Å². The summed E-state index contributed by atoms with van der Waals surface area (Å²) in [4.78, 5) is 16.3. The number of sulfonamides is 1. The Hall–Kier alpha value is -2.31. The average Bonchev–Trinajstić information content (AvgIpc) is 2.70. The molecule has 0 aliphatic heterocycles. The molecule has 1 aromatic carbocycles. The van der Waals surface area contributed by atoms with Crippen LogP contribution >= 0.6 is 11.8 Å². The first-order chi connectivity index (χ1) is 14.1. The maximum atomic E-state index is 12.6. The van der Waals surface area contributed by atoms with Gasteiger partial charge in [-0.3, -0.25) is 4.79 Å². The minimum atomic E-state index is -4.49. The Morgan fingerprint density at radius 1 is 1.20 bits per heavy atom. The molecule has 1 heterocycles. The number of benzene rings is 1. The Labute approximate surface area is 176 Å². The second-order valence-electron chi connectivity index (χ2n) is 6.05. The molecule has 1 atom stereocenters. The van der Waals surface area contributed by atoms with Crippen LogP contribution in [0.1, 0.15) is 6.42 Å². The number of nitrogens with one attached hydrogen (secondary N) is 2. The van der Waals surface area contributed by atoms with Gasteiger partial charge in [0.1, 0.15) is 6.04 Å². The van der Waals surface area contributed by atoms with E-state index in [1.54, 1.807) is 18.2 Å². The van der Waals surface area contributed by atoms with Crippen molar-refractivity contribution in [3.05, 3.63) is 48.7 Å². The molecule has 0 saturated carbocycles. The molecular weight excluding hydrogens is 443 g/mol. The van der Waals surface area contributed by atoms with E-state index in [4.69, 9.17) is 0 Å². The van der Waals surface area contributed by atoms with Crippen molar-refractivity contribution < 1.29 is 31.1 Å². The summed E-state index contributed by atoms with van der Waals surface area (Å²) in [6.45, 7) is -1.48. The lowest BCUT2D eigenvalue weighted by Gasteiger charge is -2.18. The van der Waals surface area contributed by atoms with Gasteiger partial charge >= 0.3 is 6.18 Å². The minimum Gasteiger partial charge on any atom is -0.468 e. The number of hydrogen-bond donors (Lipinski definition) is 2. The molecule has 2 rings (SSSR count). The molecule has 2 N–H and O–H groups in total. The number of amides is 1. The number of rotatable bonds is 10. The highest BCUT2D eigenvalue weighted by Crippen LogP contribution is 2.18. The van der Waals surface area contributed by atoms with Crippen LogP contribution in [0.5, 0.6) is 5.88 Å². The first-order valence-corrected chi connectivity index (χ1v) is 11.5. The number of ether oxygens (including phenoxy) is 1. The van der Waals surface area contributed by atoms with E-state index >= 15 is 0 Å². The van der Waals surface area contributed by atoms with Crippen LogP contribution in [-0.4, -0.2) is 50.1 Å². The summed E-state index contributed by atoms with van der Waals surface area (Å²) >= 11 is 1.45. The van der Waals surface area contributed by atoms with Gasteiger partial charge in [0, 0.05) is 6.07 Å². The molecule has 164 valence electrons. The molecule has 0 aliphatic rings. The van der Waals surface area contributed by atoms with E-state index in [0.29, 0.717) is 5.75 Å². The second-order valence-corrected chi connectivity index (χ2v) is 8.75. The maximum absolute atomic E-state index is 12.6. The summed E-state index contributed by atoms with van der Waals surface area (Å²) < 4.78 is 68.5. The van der Waals surface area contributed by atoms with E-state index in [-0.39, 0.29) is 22.9 Å². The Bertz CT molecular complexity index is 924. The van der Waals surface area contributed by atoms with Gasteiger partial charge in [0.15, 0.2) is 6.61 Å². The van der Waals surface area contributed by atoms with Crippen molar-refractivity contribution in [2.75, 3.05) is 23.9 Å². The highest BCUT2D eigenvalue weighted by atomic mass is 32.2. The Morgan fingerprint density at radius 2 is 1.90 bits per heavy atom. The molecule has 30 heavy (non-hydrogen) atoms. The Balaban J connectivity index is 2.06. The molecule has 0 radical (unpaired) electrons. The molecule has 7 nitrogen and oxygen atoms in total. The van der Waals surface area contributed by atoms with Gasteiger partial charge in [0.25, 0.3) is 0 Å². The van der Waals surface area contributed by atoms with Gasteiger partial charge in [-0.1, -0.05) is 18.2 Å². The summed E-state index contributed by atoms with van der Waals surface area (Å²) in [5, 5.41) is 2.51. The van der Waals surface area contributed by atoms with Crippen molar-refractivity contribution in [1.82, 2.24) is 9.71 Å². The van der Waals surface area contributed by atoms with Crippen LogP contribution in [-0.2, 0) is 14.8 Å². The zero-order valence-corrected chi connectivity index (χ0v) is 17.5. The summed E-state index contributed by atoms with van der Waals surface area (Å²) in [6.07, 6.45) is -1.31. The summed E-state index contributed by atoms with van der Waals surface area (Å²) in [5.41, 5.74) is 0.187. The Kier molecular flexibility index (Phi) is 8.50. The summed E-state index contributed by atoms with van der Waals surface area (Å²) in [6, 6.07) is 9.07. The van der Waals surface area contributed by atoms with Gasteiger partial charge in [-0.15, -0.1) is 0 Å². The Morgan fingerprint density at radius 3 is 2.47 bits per heavy atom. The SMILES string of the molecule is CSCCC(NS(=O)(=O)c1ccccc1)C(=O)Nc1ccc(OCC(F)(F)F)nc1. The molecule has 1 aromatic heterocycles. The quantitative estimate of drug-likeness (QED) is 0.562. The second kappa shape index (κ2) is 10.6. The predicted octanol–water partition coefficient (Wildman–Crippen LogP) is 3.06. The highest BCUT2D eigenvalue weighted by molar-refractivity contribution is 7.98. The number of halogens is 3. The molecule has 12 heteroatoms. The molecule has 0 bridgehead atoms. The number of nitrogens with zero attached hydrogens (tertiary/aromatic N) is 1. The molecule has 1 unspecified atom stereocenters. The molecule has 0 fully saturated rings. The number of aromatic nitrogens is 1. The maximum Gasteiger partial charge on any atom is 0.422 e. The number of alkyl halides is 3. The van der Waals surface area contributed by atoms with Gasteiger partial charge in [-0.25, -0.2) is 13.4 Å². The number of hydrogen-bond acceptors (Lipinski definition) is 6. The third-order valence-corrected chi connectivity index (χ3v) is 5.80. The first kappa shape index (κ1) is 24.0. The van der Waals surface area contributed by atoms with Crippen LogP contribution in [0.4, 0.5) is 18.9 Å². The van der Waals surface area contributed by atoms with Crippen molar-refractivity contribution in [2.24, 2.45) is 0 Å². The summed E-state index contributed by atoms with van der Waals surface area (Å²) in [7, 11) is -3.92. The third kappa shape index (κ3) is 7.84. The van der Waals surface area contributed by atoms with E-state index in [0.717, 1.165) is 6.20 Å². The topological polar surface area (TPSA) is 97.4 Å². The predicted molar refractivity (Wildman–Crippen MR) is 108 cm³/mol. The largest absolute Gasteiger partial charge is 0.468 e. The van der Waals surface area contributed by atoms with Gasteiger partial charge < -0.3 is 10.1 Å². The van der Waals surface area contributed by atoms with E-state index < -0.39 is 34.8 Å². The van der Waals surface area contributed by atoms with E-state index in [1.807, 2.05) is 6.26 Å². The molecular formula is C18H20F3N3O4S2. The van der Waals surface area contributed by atoms with E-state index in [9.17, 15) is 26.4 Å². The third-order valence-electron chi connectivity index (χ3n) is 3.67. The van der Waals surface area contributed by atoms with Crippen molar-refractivity contribution >= 4 is 33.4 Å². The monoisotopic (exact) mass is 463 g/mol. The van der Waals surface area contributed by atoms with Crippen molar-refractivity contribution in [2.45, 2.75) is 23.5 Å². The zero-order valence-electron chi connectivity index (χ0n) is 15.8. The standard InChI is InChI=1S/C18H20F3N3O4S2/c1-29-10-9-15(24-30(26,27)14-5-3-2-4-6-14)17(25)23-13-7-8-16(22-11-13)28-12-18(19,20)21/h2-8,11,15,24H,9-10,12H2,1H3,(H,23,25). The number of anilines is 1. The van der Waals surface area contributed by atoms with Gasteiger partial charge in [-0.2, -0.15) is 29.7 Å². The lowest BCUT2D eigenvalue weighted by Crippen LogP contribution is -2.44. The van der Waals surface area contributed by atoms with Crippen molar-refractivity contribution in [3.8, 4) is 5.88 Å². The normalized spacial score (nSPS) is 12.9. The molecule has 2 aromatic rings. The zero-order chi connectivity index (χ0) is 22.2. The van der Waals surface area contributed by atoms with Crippen LogP contribution in [0.3, 0.4) is 0 Å². The van der Waals surface area contributed by atoms with Crippen molar-refractivity contribution in [1.29, 1.82) is 0 Å².